The third-order valence-electron chi connectivity index (χ3n) is 2.85. The number of ether oxygens (including phenoxy) is 1. The normalized spacial score (nSPS) is 17.1. The zero-order chi connectivity index (χ0) is 11.2. The van der Waals surface area contributed by atoms with Gasteiger partial charge in [0.1, 0.15) is 5.82 Å². The lowest BCUT2D eigenvalue weighted by Crippen LogP contribution is -2.31. The van der Waals surface area contributed by atoms with Crippen molar-refractivity contribution in [3.8, 4) is 5.88 Å². The maximum atomic E-state index is 5.02. The Bertz CT molecular complexity index is 326. The minimum absolute atomic E-state index is 0.551. The van der Waals surface area contributed by atoms with E-state index in [0.29, 0.717) is 5.88 Å². The van der Waals surface area contributed by atoms with E-state index >= 15 is 0 Å². The maximum Gasteiger partial charge on any atom is 0.233 e. The van der Waals surface area contributed by atoms with Gasteiger partial charge in [-0.05, 0) is 31.8 Å². The van der Waals surface area contributed by atoms with Crippen LogP contribution in [0.5, 0.6) is 5.88 Å². The van der Waals surface area contributed by atoms with E-state index in [0.717, 1.165) is 31.4 Å². The van der Waals surface area contributed by atoms with Crippen molar-refractivity contribution in [2.75, 3.05) is 32.1 Å². The second kappa shape index (κ2) is 5.65. The first kappa shape index (κ1) is 11.1. The van der Waals surface area contributed by atoms with E-state index < -0.39 is 0 Å². The molecule has 1 aromatic heterocycles. The molecule has 0 saturated carbocycles. The van der Waals surface area contributed by atoms with Gasteiger partial charge >= 0.3 is 0 Å². The van der Waals surface area contributed by atoms with Crippen LogP contribution < -0.4 is 15.4 Å². The zero-order valence-electron chi connectivity index (χ0n) is 9.57. The number of anilines is 1. The Kier molecular flexibility index (Phi) is 3.93. The molecule has 0 radical (unpaired) electrons. The first-order chi connectivity index (χ1) is 7.88. The van der Waals surface area contributed by atoms with Crippen LogP contribution in [0.25, 0.3) is 0 Å². The molecule has 16 heavy (non-hydrogen) atoms. The largest absolute Gasteiger partial charge is 0.480 e. The van der Waals surface area contributed by atoms with Crippen molar-refractivity contribution in [1.29, 1.82) is 0 Å². The summed E-state index contributed by atoms with van der Waals surface area (Å²) < 4.78 is 5.02. The van der Waals surface area contributed by atoms with Gasteiger partial charge in [0.2, 0.25) is 5.88 Å². The summed E-state index contributed by atoms with van der Waals surface area (Å²) in [6.07, 6.45) is 5.79. The van der Waals surface area contributed by atoms with E-state index in [1.165, 1.54) is 12.8 Å². The lowest BCUT2D eigenvalue weighted by Gasteiger charge is -2.22. The Labute approximate surface area is 95.6 Å². The zero-order valence-corrected chi connectivity index (χ0v) is 9.57. The van der Waals surface area contributed by atoms with Crippen LogP contribution in [-0.4, -0.2) is 36.7 Å². The fourth-order valence-corrected chi connectivity index (χ4v) is 1.87. The SMILES string of the molecule is COc1cncc(NCC2CCNCC2)n1. The van der Waals surface area contributed by atoms with E-state index in [2.05, 4.69) is 20.6 Å². The van der Waals surface area contributed by atoms with Crippen LogP contribution in [0.1, 0.15) is 12.8 Å². The van der Waals surface area contributed by atoms with Crippen molar-refractivity contribution in [1.82, 2.24) is 15.3 Å². The molecule has 1 aliphatic rings. The fourth-order valence-electron chi connectivity index (χ4n) is 1.87. The van der Waals surface area contributed by atoms with Crippen molar-refractivity contribution in [2.24, 2.45) is 5.92 Å². The molecule has 1 fully saturated rings. The van der Waals surface area contributed by atoms with Crippen LogP contribution in [0.15, 0.2) is 12.4 Å². The molecule has 5 heteroatoms. The number of piperidine rings is 1. The van der Waals surface area contributed by atoms with Crippen LogP contribution in [0, 0.1) is 5.92 Å². The molecule has 5 nitrogen and oxygen atoms in total. The summed E-state index contributed by atoms with van der Waals surface area (Å²) in [6, 6.07) is 0. The molecule has 2 heterocycles. The first-order valence-electron chi connectivity index (χ1n) is 5.69. The van der Waals surface area contributed by atoms with E-state index in [4.69, 9.17) is 4.74 Å². The van der Waals surface area contributed by atoms with Crippen LogP contribution in [-0.2, 0) is 0 Å². The molecule has 0 atom stereocenters. The highest BCUT2D eigenvalue weighted by Gasteiger charge is 2.12. The Hall–Kier alpha value is -1.36. The second-order valence-corrected chi connectivity index (χ2v) is 4.02. The predicted molar refractivity (Wildman–Crippen MR) is 62.7 cm³/mol. The lowest BCUT2D eigenvalue weighted by atomic mass is 9.98. The molecule has 1 aliphatic heterocycles. The fraction of sp³-hybridized carbons (Fsp3) is 0.636. The van der Waals surface area contributed by atoms with Gasteiger partial charge in [0, 0.05) is 6.54 Å². The summed E-state index contributed by atoms with van der Waals surface area (Å²) in [5, 5.41) is 6.66. The van der Waals surface area contributed by atoms with Crippen molar-refractivity contribution >= 4 is 5.82 Å². The van der Waals surface area contributed by atoms with Gasteiger partial charge in [0.25, 0.3) is 0 Å². The Morgan fingerprint density at radius 3 is 3.00 bits per heavy atom. The molecule has 0 unspecified atom stereocenters. The molecule has 0 amide bonds. The first-order valence-corrected chi connectivity index (χ1v) is 5.69. The average molecular weight is 222 g/mol. The summed E-state index contributed by atoms with van der Waals surface area (Å²) in [4.78, 5) is 8.32. The highest BCUT2D eigenvalue weighted by Crippen LogP contribution is 2.13. The standard InChI is InChI=1S/C11H18N4O/c1-16-11-8-13-7-10(15-11)14-6-9-2-4-12-5-3-9/h7-9,12H,2-6H2,1H3,(H,14,15). The second-order valence-electron chi connectivity index (χ2n) is 4.02. The monoisotopic (exact) mass is 222 g/mol. The molecule has 0 bridgehead atoms. The molecular formula is C11H18N4O. The summed E-state index contributed by atoms with van der Waals surface area (Å²) in [5.74, 6) is 2.07. The summed E-state index contributed by atoms with van der Waals surface area (Å²) >= 11 is 0. The van der Waals surface area contributed by atoms with Gasteiger partial charge in [-0.25, -0.2) is 0 Å². The lowest BCUT2D eigenvalue weighted by molar-refractivity contribution is 0.387. The number of nitrogens with one attached hydrogen (secondary N) is 2. The Morgan fingerprint density at radius 1 is 1.44 bits per heavy atom. The number of aromatic nitrogens is 2. The molecule has 0 aliphatic carbocycles. The van der Waals surface area contributed by atoms with Crippen molar-refractivity contribution < 1.29 is 4.74 Å². The van der Waals surface area contributed by atoms with Crippen molar-refractivity contribution in [2.45, 2.75) is 12.8 Å². The van der Waals surface area contributed by atoms with E-state index in [9.17, 15) is 0 Å². The minimum Gasteiger partial charge on any atom is -0.480 e. The van der Waals surface area contributed by atoms with Gasteiger partial charge in [-0.3, -0.25) is 4.98 Å². The van der Waals surface area contributed by atoms with Gasteiger partial charge in [-0.1, -0.05) is 0 Å². The highest BCUT2D eigenvalue weighted by atomic mass is 16.5. The molecule has 2 N–H and O–H groups in total. The van der Waals surface area contributed by atoms with Crippen molar-refractivity contribution in [3.63, 3.8) is 0 Å². The van der Waals surface area contributed by atoms with Crippen molar-refractivity contribution in [3.05, 3.63) is 12.4 Å². The predicted octanol–water partition coefficient (Wildman–Crippen LogP) is 0.897. The topological polar surface area (TPSA) is 59.1 Å². The van der Waals surface area contributed by atoms with E-state index in [-0.39, 0.29) is 0 Å². The number of nitrogens with zero attached hydrogens (tertiary/aromatic N) is 2. The van der Waals surface area contributed by atoms with Crippen LogP contribution in [0.4, 0.5) is 5.82 Å². The molecule has 88 valence electrons. The molecular weight excluding hydrogens is 204 g/mol. The molecule has 1 aromatic rings. The van der Waals surface area contributed by atoms with Gasteiger partial charge in [-0.15, -0.1) is 0 Å². The Morgan fingerprint density at radius 2 is 2.25 bits per heavy atom. The number of hydrogen-bond acceptors (Lipinski definition) is 5. The minimum atomic E-state index is 0.551. The van der Waals surface area contributed by atoms with Crippen LogP contribution in [0.3, 0.4) is 0 Å². The quantitative estimate of drug-likeness (QED) is 0.792. The molecule has 0 spiro atoms. The third kappa shape index (κ3) is 3.06. The molecule has 1 saturated heterocycles. The van der Waals surface area contributed by atoms with E-state index in [1.54, 1.807) is 19.5 Å². The highest BCUT2D eigenvalue weighted by molar-refractivity contribution is 5.33. The summed E-state index contributed by atoms with van der Waals surface area (Å²) in [6.45, 7) is 3.20. The number of hydrogen-bond donors (Lipinski definition) is 2. The Balaban J connectivity index is 1.83. The average Bonchev–Trinajstić information content (AvgIpc) is 2.38. The maximum absolute atomic E-state index is 5.02. The number of methoxy groups -OCH3 is 1. The van der Waals surface area contributed by atoms with Gasteiger partial charge in [0.05, 0.1) is 19.5 Å². The van der Waals surface area contributed by atoms with Gasteiger partial charge in [0.15, 0.2) is 0 Å². The smallest absolute Gasteiger partial charge is 0.233 e. The van der Waals surface area contributed by atoms with Crippen LogP contribution >= 0.6 is 0 Å². The van der Waals surface area contributed by atoms with Gasteiger partial charge in [-0.2, -0.15) is 4.98 Å². The number of rotatable bonds is 4. The third-order valence-corrected chi connectivity index (χ3v) is 2.85. The van der Waals surface area contributed by atoms with Gasteiger partial charge < -0.3 is 15.4 Å². The summed E-state index contributed by atoms with van der Waals surface area (Å²) in [5.41, 5.74) is 0. The molecule has 2 rings (SSSR count). The van der Waals surface area contributed by atoms with Crippen LogP contribution in [0.2, 0.25) is 0 Å². The summed E-state index contributed by atoms with van der Waals surface area (Å²) in [7, 11) is 1.60. The molecule has 0 aromatic carbocycles. The van der Waals surface area contributed by atoms with E-state index in [1.807, 2.05) is 0 Å².